The Morgan fingerprint density at radius 2 is 0.455 bits per heavy atom. The highest BCUT2D eigenvalue weighted by Gasteiger charge is 2.33. The maximum atomic E-state index is 16.4. The van der Waals surface area contributed by atoms with Crippen molar-refractivity contribution in [3.05, 3.63) is 370 Å². The zero-order valence-electron chi connectivity index (χ0n) is 59.8. The van der Waals surface area contributed by atoms with E-state index < -0.39 is 11.7 Å². The molecule has 9 nitrogen and oxygen atoms in total. The first-order chi connectivity index (χ1) is 55.2. The van der Waals surface area contributed by atoms with Crippen molar-refractivity contribution >= 4 is 131 Å². The van der Waals surface area contributed by atoms with Crippen LogP contribution in [0.3, 0.4) is 0 Å². The maximum Gasteiger partial charge on any atom is 0.416 e. The lowest BCUT2D eigenvalue weighted by Crippen LogP contribution is -2.08. The molecule has 0 aliphatic carbocycles. The van der Waals surface area contributed by atoms with Crippen LogP contribution in [0.15, 0.2) is 364 Å². The molecule has 23 rings (SSSR count). The van der Waals surface area contributed by atoms with Crippen molar-refractivity contribution in [2.24, 2.45) is 0 Å². The molecule has 12 heteroatoms. The highest BCUT2D eigenvalue weighted by molar-refractivity contribution is 6.17. The normalized spacial score (nSPS) is 12.2. The monoisotopic (exact) mass is 1440 g/mol. The summed E-state index contributed by atoms with van der Waals surface area (Å²) in [4.78, 5) is 15.8. The van der Waals surface area contributed by atoms with Crippen molar-refractivity contribution in [3.8, 4) is 79.4 Å². The molecule has 0 spiro atoms. The summed E-state index contributed by atoms with van der Waals surface area (Å²) in [5.74, 6) is 1.32. The largest absolute Gasteiger partial charge is 0.416 e. The van der Waals surface area contributed by atoms with Crippen LogP contribution in [0, 0.1) is 0 Å². The molecule has 0 saturated heterocycles. The van der Waals surface area contributed by atoms with Gasteiger partial charge in [0.2, 0.25) is 0 Å². The van der Waals surface area contributed by atoms with E-state index in [1.807, 2.05) is 72.8 Å². The highest BCUT2D eigenvalue weighted by atomic mass is 19.4. The first-order valence-corrected chi connectivity index (χ1v) is 37.6. The van der Waals surface area contributed by atoms with Gasteiger partial charge in [-0.2, -0.15) is 13.2 Å². The molecule has 0 bridgehead atoms. The number of hydrogen-bond donors (Lipinski definition) is 0. The number of rotatable bonds is 10. The standard InChI is InChI=1S/C100H60F3N9/c101-100(102,103)64-44-50-91(111-92-51-45-65(107-83-35-15-7-27-69(83)70-28-8-16-36-84(70)107)57-79(92)80-58-66(46-52-93(80)111)108-85-37-17-9-29-71(85)72-30-10-18-38-86(72)108)78(56-64)77-49-43-63(99-105-97(61-23-3-1-4-24-61)104-98(106-99)62-25-5-2-6-26-62)55-96(77)112-94-53-47-67(109-87-39-19-11-31-73(87)74-32-12-20-40-88(74)109)59-81(94)82-60-68(48-54-95(82)112)110-89-41-21-13-33-75(89)76-34-14-22-42-90(76)110/h1-60H. The second kappa shape index (κ2) is 24.3. The molecular weight excluding hydrogens is 1380 g/mol. The van der Waals surface area contributed by atoms with Gasteiger partial charge in [-0.15, -0.1) is 0 Å². The van der Waals surface area contributed by atoms with Gasteiger partial charge in [0.15, 0.2) is 17.5 Å². The summed E-state index contributed by atoms with van der Waals surface area (Å²) in [6, 6.07) is 124. The Bertz CT molecular complexity index is 7270. The molecule has 0 unspecified atom stereocenters. The molecule has 0 aliphatic rings. The molecule has 112 heavy (non-hydrogen) atoms. The van der Waals surface area contributed by atoms with E-state index in [1.165, 1.54) is 12.1 Å². The first-order valence-electron chi connectivity index (χ1n) is 37.6. The van der Waals surface area contributed by atoms with E-state index in [-0.39, 0.29) is 0 Å². The van der Waals surface area contributed by atoms with Gasteiger partial charge < -0.3 is 27.4 Å². The van der Waals surface area contributed by atoms with Gasteiger partial charge in [0, 0.05) is 115 Å². The summed E-state index contributed by atoms with van der Waals surface area (Å²) >= 11 is 0. The quantitative estimate of drug-likeness (QED) is 0.137. The summed E-state index contributed by atoms with van der Waals surface area (Å²) in [5, 5.41) is 12.7. The minimum Gasteiger partial charge on any atom is -0.309 e. The van der Waals surface area contributed by atoms with Crippen LogP contribution in [0.2, 0.25) is 0 Å². The molecule has 526 valence electrons. The Hall–Kier alpha value is -14.9. The Morgan fingerprint density at radius 3 is 0.759 bits per heavy atom. The third kappa shape index (κ3) is 9.54. The lowest BCUT2D eigenvalue weighted by Gasteiger charge is -2.21. The van der Waals surface area contributed by atoms with Crippen molar-refractivity contribution in [1.29, 1.82) is 0 Å². The molecule has 7 heterocycles. The predicted octanol–water partition coefficient (Wildman–Crippen LogP) is 26.1. The van der Waals surface area contributed by atoms with Gasteiger partial charge >= 0.3 is 6.18 Å². The van der Waals surface area contributed by atoms with Crippen molar-refractivity contribution in [2.75, 3.05) is 0 Å². The molecule has 0 fully saturated rings. The highest BCUT2D eigenvalue weighted by Crippen LogP contribution is 2.48. The number of halogens is 3. The van der Waals surface area contributed by atoms with E-state index in [9.17, 15) is 0 Å². The Kier molecular flexibility index (Phi) is 13.7. The fourth-order valence-corrected chi connectivity index (χ4v) is 18.0. The van der Waals surface area contributed by atoms with Crippen molar-refractivity contribution in [2.45, 2.75) is 6.18 Å². The molecule has 0 atom stereocenters. The molecule has 7 aromatic heterocycles. The zero-order valence-corrected chi connectivity index (χ0v) is 59.8. The van der Waals surface area contributed by atoms with Crippen LogP contribution in [-0.4, -0.2) is 42.4 Å². The van der Waals surface area contributed by atoms with E-state index in [0.29, 0.717) is 45.5 Å². The van der Waals surface area contributed by atoms with Gasteiger partial charge in [-0.3, -0.25) is 0 Å². The van der Waals surface area contributed by atoms with E-state index in [0.717, 1.165) is 165 Å². The SMILES string of the molecule is FC(F)(F)c1ccc(-n2c3ccc(-n4c5ccccc5c5ccccc54)cc3c3cc(-n4c5ccccc5c5ccccc54)ccc32)c(-c2ccc(-c3nc(-c4ccccc4)nc(-c4ccccc4)n3)cc2-n2c3ccc(-n4c5ccccc5c5ccccc54)cc3c3cc(-n4c5ccccc5c5ccccc54)ccc32)c1. The number of para-hydroxylation sites is 8. The number of hydrogen-bond acceptors (Lipinski definition) is 3. The van der Waals surface area contributed by atoms with Crippen LogP contribution in [-0.2, 0) is 6.18 Å². The van der Waals surface area contributed by atoms with Gasteiger partial charge in [0.1, 0.15) is 0 Å². The first kappa shape index (κ1) is 63.2. The average molecular weight is 1440 g/mol. The molecule has 0 saturated carbocycles. The topological polar surface area (TPSA) is 68.2 Å². The molecule has 16 aromatic carbocycles. The van der Waals surface area contributed by atoms with E-state index >= 15 is 13.2 Å². The number of fused-ring (bicyclic) bond motifs is 18. The summed E-state index contributed by atoms with van der Waals surface area (Å²) in [6.45, 7) is 0. The van der Waals surface area contributed by atoms with Crippen LogP contribution < -0.4 is 0 Å². The van der Waals surface area contributed by atoms with Gasteiger partial charge in [-0.1, -0.05) is 218 Å². The van der Waals surface area contributed by atoms with Crippen LogP contribution in [0.25, 0.3) is 210 Å². The van der Waals surface area contributed by atoms with Gasteiger partial charge in [0.05, 0.1) is 83.1 Å². The van der Waals surface area contributed by atoms with E-state index in [1.54, 1.807) is 6.07 Å². The summed E-state index contributed by atoms with van der Waals surface area (Å²) in [5.41, 5.74) is 18.9. The second-order valence-electron chi connectivity index (χ2n) is 29.0. The number of nitrogens with zero attached hydrogens (tertiary/aromatic N) is 9. The molecule has 0 amide bonds. The minimum absolute atomic E-state index is 0.345. The molecule has 0 radical (unpaired) electrons. The second-order valence-corrected chi connectivity index (χ2v) is 29.0. The Labute approximate surface area is 637 Å². The van der Waals surface area contributed by atoms with E-state index in [4.69, 9.17) is 15.0 Å². The fraction of sp³-hybridized carbons (Fsp3) is 0.0100. The van der Waals surface area contributed by atoms with Crippen molar-refractivity contribution in [3.63, 3.8) is 0 Å². The summed E-state index contributed by atoms with van der Waals surface area (Å²) in [6.07, 6.45) is -4.76. The number of benzene rings is 16. The van der Waals surface area contributed by atoms with Gasteiger partial charge in [0.25, 0.3) is 0 Å². The van der Waals surface area contributed by atoms with Crippen LogP contribution in [0.1, 0.15) is 5.56 Å². The van der Waals surface area contributed by atoms with Gasteiger partial charge in [-0.25, -0.2) is 15.0 Å². The molecule has 0 aliphatic heterocycles. The Balaban J connectivity index is 0.833. The van der Waals surface area contributed by atoms with Crippen molar-refractivity contribution < 1.29 is 13.2 Å². The third-order valence-corrected chi connectivity index (χ3v) is 22.9. The average Bonchev–Trinajstić information content (AvgIpc) is 1.56. The number of alkyl halides is 3. The number of aromatic nitrogens is 9. The third-order valence-electron chi connectivity index (χ3n) is 22.9. The summed E-state index contributed by atoms with van der Waals surface area (Å²) < 4.78 is 62.8. The van der Waals surface area contributed by atoms with Gasteiger partial charge in [-0.05, 0) is 146 Å². The molecule has 23 aromatic rings. The maximum absolute atomic E-state index is 16.4. The smallest absolute Gasteiger partial charge is 0.309 e. The molecular formula is C100H60F3N9. The Morgan fingerprint density at radius 1 is 0.188 bits per heavy atom. The lowest BCUT2D eigenvalue weighted by atomic mass is 9.96. The van der Waals surface area contributed by atoms with Crippen LogP contribution >= 0.6 is 0 Å². The zero-order chi connectivity index (χ0) is 74.0. The summed E-state index contributed by atoms with van der Waals surface area (Å²) in [7, 11) is 0. The van der Waals surface area contributed by atoms with E-state index in [2.05, 4.69) is 300 Å². The predicted molar refractivity (Wildman–Crippen MR) is 453 cm³/mol. The van der Waals surface area contributed by atoms with Crippen LogP contribution in [0.4, 0.5) is 13.2 Å². The lowest BCUT2D eigenvalue weighted by molar-refractivity contribution is -0.137. The minimum atomic E-state index is -4.76. The fourth-order valence-electron chi connectivity index (χ4n) is 18.0. The van der Waals surface area contributed by atoms with Crippen LogP contribution in [0.5, 0.6) is 0 Å². The van der Waals surface area contributed by atoms with Crippen molar-refractivity contribution in [1.82, 2.24) is 42.4 Å². The molecule has 0 N–H and O–H groups in total.